The molecule has 0 aliphatic rings. The van der Waals surface area contributed by atoms with Crippen molar-refractivity contribution < 1.29 is 4.39 Å². The van der Waals surface area contributed by atoms with Gasteiger partial charge in [0.05, 0.1) is 0 Å². The number of hydrogen-bond acceptors (Lipinski definition) is 2. The number of rotatable bonds is 4. The number of benzene rings is 2. The molecule has 0 spiro atoms. The highest BCUT2D eigenvalue weighted by molar-refractivity contribution is 7.17. The van der Waals surface area contributed by atoms with E-state index in [-0.39, 0.29) is 11.9 Å². The second-order valence-corrected chi connectivity index (χ2v) is 6.22. The molecule has 0 aliphatic carbocycles. The van der Waals surface area contributed by atoms with Gasteiger partial charge in [0.25, 0.3) is 0 Å². The van der Waals surface area contributed by atoms with Gasteiger partial charge in [0, 0.05) is 10.7 Å². The van der Waals surface area contributed by atoms with Crippen molar-refractivity contribution in [3.8, 4) is 0 Å². The Bertz CT molecular complexity index is 763. The van der Waals surface area contributed by atoms with Crippen LogP contribution in [0.15, 0.2) is 47.8 Å². The van der Waals surface area contributed by atoms with Gasteiger partial charge in [-0.25, -0.2) is 4.39 Å². The second kappa shape index (κ2) is 5.96. The lowest BCUT2D eigenvalue weighted by Gasteiger charge is -2.17. The predicted octanol–water partition coefficient (Wildman–Crippen LogP) is 4.85. The minimum atomic E-state index is -0.136. The number of nitrogens with one attached hydrogen (secondary N) is 1. The van der Waals surface area contributed by atoms with Gasteiger partial charge in [-0.2, -0.15) is 0 Å². The number of hydrogen-bond donors (Lipinski definition) is 1. The third-order valence-electron chi connectivity index (χ3n) is 3.93. The number of fused-ring (bicyclic) bond motifs is 1. The summed E-state index contributed by atoms with van der Waals surface area (Å²) in [6.07, 6.45) is 0.864. The van der Waals surface area contributed by atoms with Gasteiger partial charge in [0.15, 0.2) is 0 Å². The summed E-state index contributed by atoms with van der Waals surface area (Å²) in [6, 6.07) is 14.1. The molecule has 0 amide bonds. The molecule has 3 aromatic rings. The summed E-state index contributed by atoms with van der Waals surface area (Å²) in [7, 11) is 1.93. The highest BCUT2D eigenvalue weighted by Gasteiger charge is 2.14. The standard InChI is InChI=1S/C18H18FNS/c1-12-7-8-13(9-16(12)19)17(20-2)10-14-11-21-18-6-4-3-5-15(14)18/h3-9,11,17,20H,10H2,1-2H3. The zero-order valence-electron chi connectivity index (χ0n) is 12.2. The normalized spacial score (nSPS) is 12.7. The van der Waals surface area contributed by atoms with Crippen molar-refractivity contribution in [3.63, 3.8) is 0 Å². The van der Waals surface area contributed by atoms with E-state index < -0.39 is 0 Å². The van der Waals surface area contributed by atoms with Crippen molar-refractivity contribution in [3.05, 3.63) is 70.4 Å². The lowest BCUT2D eigenvalue weighted by atomic mass is 9.97. The lowest BCUT2D eigenvalue weighted by molar-refractivity contribution is 0.576. The van der Waals surface area contributed by atoms with Crippen molar-refractivity contribution in [2.75, 3.05) is 7.05 Å². The summed E-state index contributed by atoms with van der Waals surface area (Å²) in [5, 5.41) is 6.82. The van der Waals surface area contributed by atoms with Crippen LogP contribution in [0.5, 0.6) is 0 Å². The zero-order chi connectivity index (χ0) is 14.8. The van der Waals surface area contributed by atoms with Crippen LogP contribution in [0.1, 0.15) is 22.7 Å². The molecule has 21 heavy (non-hydrogen) atoms. The maximum atomic E-state index is 13.8. The van der Waals surface area contributed by atoms with Gasteiger partial charge in [-0.1, -0.05) is 30.3 Å². The average molecular weight is 299 g/mol. The fourth-order valence-corrected chi connectivity index (χ4v) is 3.60. The molecule has 2 aromatic carbocycles. The first-order chi connectivity index (χ1) is 10.2. The molecular formula is C18H18FNS. The maximum absolute atomic E-state index is 13.8. The third kappa shape index (κ3) is 2.85. The van der Waals surface area contributed by atoms with E-state index in [0.717, 1.165) is 12.0 Å². The molecule has 0 fully saturated rings. The van der Waals surface area contributed by atoms with Crippen molar-refractivity contribution in [1.29, 1.82) is 0 Å². The molecule has 0 aliphatic heterocycles. The van der Waals surface area contributed by atoms with E-state index in [4.69, 9.17) is 0 Å². The Hall–Kier alpha value is -1.71. The maximum Gasteiger partial charge on any atom is 0.126 e. The van der Waals surface area contributed by atoms with Crippen LogP contribution in [0.2, 0.25) is 0 Å². The molecule has 3 rings (SSSR count). The molecule has 1 unspecified atom stereocenters. The monoisotopic (exact) mass is 299 g/mol. The molecular weight excluding hydrogens is 281 g/mol. The van der Waals surface area contributed by atoms with E-state index in [1.165, 1.54) is 15.6 Å². The molecule has 0 saturated carbocycles. The number of thiophene rings is 1. The Morgan fingerprint density at radius 3 is 2.76 bits per heavy atom. The highest BCUT2D eigenvalue weighted by Crippen LogP contribution is 2.29. The number of likely N-dealkylation sites (N-methyl/N-ethyl adjacent to an activating group) is 1. The van der Waals surface area contributed by atoms with E-state index in [0.29, 0.717) is 5.56 Å². The Morgan fingerprint density at radius 2 is 2.00 bits per heavy atom. The first kappa shape index (κ1) is 14.2. The highest BCUT2D eigenvalue weighted by atomic mass is 32.1. The first-order valence-corrected chi connectivity index (χ1v) is 7.95. The lowest BCUT2D eigenvalue weighted by Crippen LogP contribution is -2.19. The Balaban J connectivity index is 1.92. The number of halogens is 1. The summed E-state index contributed by atoms with van der Waals surface area (Å²) >= 11 is 1.77. The van der Waals surface area contributed by atoms with E-state index in [1.807, 2.05) is 19.2 Å². The topological polar surface area (TPSA) is 12.0 Å². The van der Waals surface area contributed by atoms with Crippen LogP contribution < -0.4 is 5.32 Å². The van der Waals surface area contributed by atoms with Crippen molar-refractivity contribution in [2.24, 2.45) is 0 Å². The van der Waals surface area contributed by atoms with Gasteiger partial charge < -0.3 is 5.32 Å². The van der Waals surface area contributed by atoms with E-state index in [1.54, 1.807) is 24.3 Å². The van der Waals surface area contributed by atoms with Gasteiger partial charge in [0.2, 0.25) is 0 Å². The molecule has 1 N–H and O–H groups in total. The fourth-order valence-electron chi connectivity index (χ4n) is 2.62. The molecule has 1 atom stereocenters. The summed E-state index contributed by atoms with van der Waals surface area (Å²) in [6.45, 7) is 1.79. The van der Waals surface area contributed by atoms with E-state index in [9.17, 15) is 4.39 Å². The molecule has 1 heterocycles. The quantitative estimate of drug-likeness (QED) is 0.726. The smallest absolute Gasteiger partial charge is 0.126 e. The van der Waals surface area contributed by atoms with Gasteiger partial charge in [-0.05, 0) is 60.0 Å². The van der Waals surface area contributed by atoms with Crippen molar-refractivity contribution in [2.45, 2.75) is 19.4 Å². The van der Waals surface area contributed by atoms with Gasteiger partial charge in [-0.15, -0.1) is 11.3 Å². The second-order valence-electron chi connectivity index (χ2n) is 5.31. The number of aryl methyl sites for hydroxylation is 1. The Labute approximate surface area is 128 Å². The Morgan fingerprint density at radius 1 is 1.19 bits per heavy atom. The van der Waals surface area contributed by atoms with Crippen LogP contribution >= 0.6 is 11.3 Å². The van der Waals surface area contributed by atoms with Gasteiger partial charge >= 0.3 is 0 Å². The molecule has 0 saturated heterocycles. The van der Waals surface area contributed by atoms with Crippen LogP contribution in [0, 0.1) is 12.7 Å². The van der Waals surface area contributed by atoms with E-state index >= 15 is 0 Å². The summed E-state index contributed by atoms with van der Waals surface area (Å²) in [5.41, 5.74) is 3.00. The van der Waals surface area contributed by atoms with Gasteiger partial charge in [0.1, 0.15) is 5.82 Å². The third-order valence-corrected chi connectivity index (χ3v) is 4.94. The van der Waals surface area contributed by atoms with Crippen LogP contribution in [0.3, 0.4) is 0 Å². The average Bonchev–Trinajstić information content (AvgIpc) is 2.91. The molecule has 0 bridgehead atoms. The molecule has 3 heteroatoms. The zero-order valence-corrected chi connectivity index (χ0v) is 13.0. The SMILES string of the molecule is CNC(Cc1csc2ccccc12)c1ccc(C)c(F)c1. The minimum Gasteiger partial charge on any atom is -0.313 e. The van der Waals surface area contributed by atoms with Crippen LogP contribution in [-0.4, -0.2) is 7.05 Å². The summed E-state index contributed by atoms with van der Waals surface area (Å²) in [5.74, 6) is -0.136. The molecule has 1 nitrogen and oxygen atoms in total. The first-order valence-electron chi connectivity index (χ1n) is 7.07. The van der Waals surface area contributed by atoms with Crippen molar-refractivity contribution >= 4 is 21.4 Å². The summed E-state index contributed by atoms with van der Waals surface area (Å²) < 4.78 is 15.1. The molecule has 1 aromatic heterocycles. The van der Waals surface area contributed by atoms with Crippen LogP contribution in [0.25, 0.3) is 10.1 Å². The minimum absolute atomic E-state index is 0.123. The van der Waals surface area contributed by atoms with Gasteiger partial charge in [-0.3, -0.25) is 0 Å². The fraction of sp³-hybridized carbons (Fsp3) is 0.222. The molecule has 0 radical (unpaired) electrons. The van der Waals surface area contributed by atoms with Crippen LogP contribution in [-0.2, 0) is 6.42 Å². The Kier molecular flexibility index (Phi) is 4.04. The van der Waals surface area contributed by atoms with Crippen molar-refractivity contribution in [1.82, 2.24) is 5.32 Å². The summed E-state index contributed by atoms with van der Waals surface area (Å²) in [4.78, 5) is 0. The molecule has 108 valence electrons. The van der Waals surface area contributed by atoms with E-state index in [2.05, 4.69) is 35.0 Å². The largest absolute Gasteiger partial charge is 0.313 e. The predicted molar refractivity (Wildman–Crippen MR) is 88.5 cm³/mol. The van der Waals surface area contributed by atoms with Crippen LogP contribution in [0.4, 0.5) is 4.39 Å².